The second kappa shape index (κ2) is 14.0. The zero-order chi connectivity index (χ0) is 20.8. The van der Waals surface area contributed by atoms with Gasteiger partial charge in [0.2, 0.25) is 5.44 Å². The molecule has 162 valence electrons. The fourth-order valence-corrected chi connectivity index (χ4v) is 4.07. The van der Waals surface area contributed by atoms with Crippen LogP contribution in [0.15, 0.2) is 18.2 Å². The van der Waals surface area contributed by atoms with E-state index in [1.165, 1.54) is 56.9 Å². The van der Waals surface area contributed by atoms with Crippen molar-refractivity contribution in [3.8, 4) is 5.75 Å². The second-order valence-electron chi connectivity index (χ2n) is 7.74. The zero-order valence-corrected chi connectivity index (χ0v) is 18.9. The minimum absolute atomic E-state index is 0.218. The monoisotopic (exact) mass is 412 g/mol. The SMILES string of the molecule is CCCCCCCc1ccc(CCCCCCC)c(OC(CC)S(=O)(=O)O)c1. The van der Waals surface area contributed by atoms with Crippen molar-refractivity contribution in [3.05, 3.63) is 29.3 Å². The Morgan fingerprint density at radius 3 is 1.96 bits per heavy atom. The first-order chi connectivity index (χ1) is 13.4. The standard InChI is InChI=1S/C23H40O4S/c1-4-7-9-11-13-15-20-17-18-21(16-14-12-10-8-5-2)22(19-20)27-23(6-3)28(24,25)26/h17-19,23H,4-16H2,1-3H3,(H,24,25,26). The molecule has 0 fully saturated rings. The van der Waals surface area contributed by atoms with E-state index >= 15 is 0 Å². The quantitative estimate of drug-likeness (QED) is 0.242. The van der Waals surface area contributed by atoms with Crippen molar-refractivity contribution >= 4 is 10.1 Å². The molecule has 0 aliphatic carbocycles. The molecule has 28 heavy (non-hydrogen) atoms. The van der Waals surface area contributed by atoms with Crippen LogP contribution < -0.4 is 4.74 Å². The average Bonchev–Trinajstić information content (AvgIpc) is 2.66. The Balaban J connectivity index is 2.82. The van der Waals surface area contributed by atoms with Gasteiger partial charge in [-0.05, 0) is 49.3 Å². The fourth-order valence-electron chi connectivity index (χ4n) is 3.42. The van der Waals surface area contributed by atoms with Gasteiger partial charge >= 0.3 is 10.1 Å². The molecule has 0 radical (unpaired) electrons. The molecule has 0 saturated carbocycles. The maximum Gasteiger partial charge on any atom is 0.303 e. The third-order valence-corrected chi connectivity index (χ3v) is 6.27. The summed E-state index contributed by atoms with van der Waals surface area (Å²) in [6, 6.07) is 6.20. The van der Waals surface area contributed by atoms with Gasteiger partial charge in [0.05, 0.1) is 0 Å². The van der Waals surface area contributed by atoms with E-state index < -0.39 is 15.6 Å². The Hall–Kier alpha value is -1.07. The first-order valence-corrected chi connectivity index (χ1v) is 12.7. The normalized spacial score (nSPS) is 12.9. The molecule has 0 heterocycles. The van der Waals surface area contributed by atoms with Crippen LogP contribution in [0.5, 0.6) is 5.75 Å². The summed E-state index contributed by atoms with van der Waals surface area (Å²) in [6.45, 7) is 6.12. The summed E-state index contributed by atoms with van der Waals surface area (Å²) in [4.78, 5) is 0. The molecule has 5 heteroatoms. The third-order valence-electron chi connectivity index (χ3n) is 5.17. The van der Waals surface area contributed by atoms with Crippen LogP contribution in [0.4, 0.5) is 0 Å². The van der Waals surface area contributed by atoms with Gasteiger partial charge in [-0.25, -0.2) is 0 Å². The van der Waals surface area contributed by atoms with Crippen molar-refractivity contribution < 1.29 is 17.7 Å². The van der Waals surface area contributed by atoms with Crippen LogP contribution in [0, 0.1) is 0 Å². The van der Waals surface area contributed by atoms with E-state index in [0.717, 1.165) is 31.2 Å². The Morgan fingerprint density at radius 1 is 0.857 bits per heavy atom. The average molecular weight is 413 g/mol. The summed E-state index contributed by atoms with van der Waals surface area (Å²) < 4.78 is 38.4. The maximum absolute atomic E-state index is 11.6. The number of unbranched alkanes of at least 4 members (excludes halogenated alkanes) is 8. The van der Waals surface area contributed by atoms with Crippen LogP contribution in [0.2, 0.25) is 0 Å². The molecule has 0 spiro atoms. The fraction of sp³-hybridized carbons (Fsp3) is 0.739. The predicted molar refractivity (Wildman–Crippen MR) is 118 cm³/mol. The highest BCUT2D eigenvalue weighted by Crippen LogP contribution is 2.27. The zero-order valence-electron chi connectivity index (χ0n) is 18.1. The second-order valence-corrected chi connectivity index (χ2v) is 9.30. The number of aryl methyl sites for hydroxylation is 2. The van der Waals surface area contributed by atoms with Crippen LogP contribution in [-0.4, -0.2) is 18.4 Å². The summed E-state index contributed by atoms with van der Waals surface area (Å²) in [5.74, 6) is 0.617. The van der Waals surface area contributed by atoms with Crippen LogP contribution in [0.3, 0.4) is 0 Å². The highest BCUT2D eigenvalue weighted by atomic mass is 32.2. The first-order valence-electron chi connectivity index (χ1n) is 11.2. The molecule has 0 aromatic heterocycles. The van der Waals surface area contributed by atoms with Crippen LogP contribution in [0.25, 0.3) is 0 Å². The summed E-state index contributed by atoms with van der Waals surface area (Å²) in [5, 5.41) is 0. The lowest BCUT2D eigenvalue weighted by Gasteiger charge is -2.18. The molecule has 1 rings (SSSR count). The number of hydrogen-bond acceptors (Lipinski definition) is 3. The lowest BCUT2D eigenvalue weighted by atomic mass is 10.00. The van der Waals surface area contributed by atoms with Gasteiger partial charge in [-0.2, -0.15) is 8.42 Å². The predicted octanol–water partition coefficient (Wildman–Crippen LogP) is 6.72. The van der Waals surface area contributed by atoms with Gasteiger partial charge in [0, 0.05) is 0 Å². The Morgan fingerprint density at radius 2 is 1.43 bits per heavy atom. The summed E-state index contributed by atoms with van der Waals surface area (Å²) in [6.07, 6.45) is 14.1. The minimum atomic E-state index is -4.22. The van der Waals surface area contributed by atoms with Gasteiger partial charge in [0.25, 0.3) is 0 Å². The molecular weight excluding hydrogens is 372 g/mol. The smallest absolute Gasteiger partial charge is 0.303 e. The molecule has 0 bridgehead atoms. The Bertz CT molecular complexity index is 640. The number of ether oxygens (including phenoxy) is 1. The Kier molecular flexibility index (Phi) is 12.5. The molecule has 1 unspecified atom stereocenters. The van der Waals surface area contributed by atoms with Crippen LogP contribution >= 0.6 is 0 Å². The molecule has 0 aliphatic rings. The first kappa shape index (κ1) is 25.0. The van der Waals surface area contributed by atoms with E-state index in [9.17, 15) is 13.0 Å². The molecule has 0 amide bonds. The van der Waals surface area contributed by atoms with Gasteiger partial charge in [-0.1, -0.05) is 84.3 Å². The highest BCUT2D eigenvalue weighted by Gasteiger charge is 2.24. The summed E-state index contributed by atoms with van der Waals surface area (Å²) in [7, 11) is -4.22. The van der Waals surface area contributed by atoms with Gasteiger partial charge in [0.1, 0.15) is 5.75 Å². The van der Waals surface area contributed by atoms with E-state index in [2.05, 4.69) is 26.0 Å². The molecule has 4 nitrogen and oxygen atoms in total. The number of rotatable bonds is 16. The lowest BCUT2D eigenvalue weighted by Crippen LogP contribution is -2.26. The van der Waals surface area contributed by atoms with Crippen molar-refractivity contribution in [2.75, 3.05) is 0 Å². The van der Waals surface area contributed by atoms with Crippen molar-refractivity contribution in [1.29, 1.82) is 0 Å². The molecule has 0 saturated heterocycles. The van der Waals surface area contributed by atoms with E-state index in [1.54, 1.807) is 6.92 Å². The van der Waals surface area contributed by atoms with E-state index in [4.69, 9.17) is 4.74 Å². The maximum atomic E-state index is 11.6. The van der Waals surface area contributed by atoms with Gasteiger partial charge in [0.15, 0.2) is 0 Å². The van der Waals surface area contributed by atoms with Crippen LogP contribution in [-0.2, 0) is 23.0 Å². The molecule has 1 aromatic rings. The van der Waals surface area contributed by atoms with Gasteiger partial charge < -0.3 is 4.74 Å². The number of hydrogen-bond donors (Lipinski definition) is 1. The highest BCUT2D eigenvalue weighted by molar-refractivity contribution is 7.86. The van der Waals surface area contributed by atoms with Gasteiger partial charge in [-0.15, -0.1) is 0 Å². The summed E-state index contributed by atoms with van der Waals surface area (Å²) in [5.41, 5.74) is 1.01. The van der Waals surface area contributed by atoms with Crippen LogP contribution in [0.1, 0.15) is 103 Å². The largest absolute Gasteiger partial charge is 0.472 e. The van der Waals surface area contributed by atoms with Crippen molar-refractivity contribution in [1.82, 2.24) is 0 Å². The lowest BCUT2D eigenvalue weighted by molar-refractivity contribution is 0.250. The van der Waals surface area contributed by atoms with E-state index in [1.807, 2.05) is 6.07 Å². The molecule has 1 atom stereocenters. The Labute approximate surface area is 172 Å². The molecule has 1 N–H and O–H groups in total. The molecule has 0 aliphatic heterocycles. The minimum Gasteiger partial charge on any atom is -0.472 e. The van der Waals surface area contributed by atoms with E-state index in [0.29, 0.717) is 5.75 Å². The summed E-state index contributed by atoms with van der Waals surface area (Å²) >= 11 is 0. The van der Waals surface area contributed by atoms with Crippen molar-refractivity contribution in [3.63, 3.8) is 0 Å². The topological polar surface area (TPSA) is 63.6 Å². The molecular formula is C23H40O4S. The van der Waals surface area contributed by atoms with Crippen molar-refractivity contribution in [2.24, 2.45) is 0 Å². The molecule has 1 aromatic carbocycles. The third kappa shape index (κ3) is 9.92. The number of benzene rings is 1. The van der Waals surface area contributed by atoms with E-state index in [-0.39, 0.29) is 6.42 Å². The van der Waals surface area contributed by atoms with Crippen molar-refractivity contribution in [2.45, 2.75) is 110 Å². The van der Waals surface area contributed by atoms with Gasteiger partial charge in [-0.3, -0.25) is 4.55 Å².